The molecule has 94 valence electrons. The lowest BCUT2D eigenvalue weighted by molar-refractivity contribution is 0.0991. The number of nitrogens with zero attached hydrogens (tertiary/aromatic N) is 2. The monoisotopic (exact) mass is 259 g/mol. The molecule has 0 amide bonds. The molecular weight excluding hydrogens is 246 g/mol. The first-order valence-electron chi connectivity index (χ1n) is 5.10. The van der Waals surface area contributed by atoms with Gasteiger partial charge in [-0.2, -0.15) is 0 Å². The van der Waals surface area contributed by atoms with Crippen LogP contribution >= 0.6 is 11.6 Å². The average Bonchev–Trinajstić information content (AvgIpc) is 2.28. The van der Waals surface area contributed by atoms with Crippen LogP contribution in [-0.2, 0) is 4.74 Å². The molecule has 0 aliphatic heterocycles. The first-order chi connectivity index (χ1) is 8.19. The molecule has 1 heterocycles. The lowest BCUT2D eigenvalue weighted by Gasteiger charge is -2.09. The van der Waals surface area contributed by atoms with Crippen LogP contribution in [0.15, 0.2) is 0 Å². The number of halogens is 1. The largest absolute Gasteiger partial charge is 0.394 e. The van der Waals surface area contributed by atoms with Crippen LogP contribution in [0.4, 0.5) is 5.82 Å². The van der Waals surface area contributed by atoms with Crippen molar-refractivity contribution in [2.75, 3.05) is 31.7 Å². The highest BCUT2D eigenvalue weighted by atomic mass is 35.5. The number of carbonyl (C=O) groups excluding carboxylic acids is 1. The van der Waals surface area contributed by atoms with E-state index in [1.165, 1.54) is 0 Å². The number of aldehydes is 1. The molecule has 6 nitrogen and oxygen atoms in total. The molecular formula is C10H14ClN3O3. The summed E-state index contributed by atoms with van der Waals surface area (Å²) in [4.78, 5) is 18.8. The molecule has 0 unspecified atom stereocenters. The van der Waals surface area contributed by atoms with E-state index in [4.69, 9.17) is 21.4 Å². The highest BCUT2D eigenvalue weighted by Crippen LogP contribution is 2.18. The third kappa shape index (κ3) is 4.26. The third-order valence-corrected chi connectivity index (χ3v) is 2.19. The molecule has 0 fully saturated rings. The van der Waals surface area contributed by atoms with Gasteiger partial charge < -0.3 is 15.2 Å². The molecule has 0 spiro atoms. The Hall–Kier alpha value is -1.24. The molecule has 1 rings (SSSR count). The first kappa shape index (κ1) is 13.8. The summed E-state index contributed by atoms with van der Waals surface area (Å²) in [7, 11) is 0. The fourth-order valence-corrected chi connectivity index (χ4v) is 1.45. The molecule has 0 atom stereocenters. The quantitative estimate of drug-likeness (QED) is 0.425. The number of nitrogens with one attached hydrogen (secondary N) is 1. The van der Waals surface area contributed by atoms with Gasteiger partial charge in [-0.1, -0.05) is 11.6 Å². The highest BCUT2D eigenvalue weighted by Gasteiger charge is 2.10. The van der Waals surface area contributed by atoms with Crippen LogP contribution in [0.25, 0.3) is 0 Å². The van der Waals surface area contributed by atoms with Gasteiger partial charge in [-0.15, -0.1) is 0 Å². The maximum absolute atomic E-state index is 10.8. The van der Waals surface area contributed by atoms with Gasteiger partial charge >= 0.3 is 0 Å². The number of rotatable bonds is 7. The van der Waals surface area contributed by atoms with Gasteiger partial charge in [0.05, 0.1) is 25.4 Å². The Balaban J connectivity index is 2.60. The summed E-state index contributed by atoms with van der Waals surface area (Å²) in [6.07, 6.45) is 0.610. The Morgan fingerprint density at radius 2 is 2.24 bits per heavy atom. The minimum absolute atomic E-state index is 0.0158. The van der Waals surface area contributed by atoms with Crippen LogP contribution in [0.5, 0.6) is 0 Å². The Labute approximate surface area is 104 Å². The van der Waals surface area contributed by atoms with Crippen LogP contribution in [-0.4, -0.2) is 47.7 Å². The predicted molar refractivity (Wildman–Crippen MR) is 63.6 cm³/mol. The van der Waals surface area contributed by atoms with Crippen molar-refractivity contribution >= 4 is 23.7 Å². The molecule has 0 aliphatic carbocycles. The number of aliphatic hydroxyl groups excluding tert-OH is 1. The molecule has 7 heteroatoms. The van der Waals surface area contributed by atoms with Gasteiger partial charge in [0.25, 0.3) is 0 Å². The van der Waals surface area contributed by atoms with Crippen molar-refractivity contribution in [3.63, 3.8) is 0 Å². The Morgan fingerprint density at radius 1 is 1.47 bits per heavy atom. The number of aliphatic hydroxyl groups is 1. The van der Waals surface area contributed by atoms with Crippen molar-refractivity contribution in [3.8, 4) is 0 Å². The van der Waals surface area contributed by atoms with Gasteiger partial charge in [0, 0.05) is 6.54 Å². The van der Waals surface area contributed by atoms with Gasteiger partial charge in [0.2, 0.25) is 0 Å². The average molecular weight is 260 g/mol. The summed E-state index contributed by atoms with van der Waals surface area (Å²) in [6, 6.07) is 0. The minimum Gasteiger partial charge on any atom is -0.394 e. The summed E-state index contributed by atoms with van der Waals surface area (Å²) in [6.45, 7) is 2.82. The lowest BCUT2D eigenvalue weighted by atomic mass is 10.3. The van der Waals surface area contributed by atoms with Crippen LogP contribution in [0.1, 0.15) is 16.2 Å². The molecule has 0 radical (unpaired) electrons. The molecule has 17 heavy (non-hydrogen) atoms. The van der Waals surface area contributed by atoms with Crippen molar-refractivity contribution in [1.29, 1.82) is 0 Å². The van der Waals surface area contributed by atoms with E-state index in [-0.39, 0.29) is 23.9 Å². The van der Waals surface area contributed by atoms with E-state index >= 15 is 0 Å². The Morgan fingerprint density at radius 3 is 2.88 bits per heavy atom. The zero-order valence-electron chi connectivity index (χ0n) is 9.44. The van der Waals surface area contributed by atoms with Crippen LogP contribution < -0.4 is 5.32 Å². The van der Waals surface area contributed by atoms with Crippen molar-refractivity contribution in [1.82, 2.24) is 9.97 Å². The second kappa shape index (κ2) is 7.16. The fourth-order valence-electron chi connectivity index (χ4n) is 1.19. The maximum Gasteiger partial charge on any atom is 0.156 e. The van der Waals surface area contributed by atoms with E-state index in [0.29, 0.717) is 31.1 Å². The summed E-state index contributed by atoms with van der Waals surface area (Å²) in [5.74, 6) is 0.879. The van der Waals surface area contributed by atoms with Crippen LogP contribution in [0, 0.1) is 6.92 Å². The minimum atomic E-state index is -0.0158. The fraction of sp³-hybridized carbons (Fsp3) is 0.500. The van der Waals surface area contributed by atoms with E-state index in [0.717, 1.165) is 0 Å². The van der Waals surface area contributed by atoms with Crippen molar-refractivity contribution < 1.29 is 14.6 Å². The predicted octanol–water partition coefficient (Wildman–Crippen LogP) is 0.672. The number of hydrogen-bond donors (Lipinski definition) is 2. The standard InChI is InChI=1S/C10H14ClN3O3/c1-7-13-9(11)8(6-16)10(14-7)12-2-4-17-5-3-15/h6,15H,2-5H2,1H3,(H,12,13,14). The SMILES string of the molecule is Cc1nc(Cl)c(C=O)c(NCCOCCO)n1. The van der Waals surface area contributed by atoms with E-state index in [1.807, 2.05) is 0 Å². The molecule has 1 aromatic rings. The molecule has 0 saturated heterocycles. The van der Waals surface area contributed by atoms with E-state index < -0.39 is 0 Å². The van der Waals surface area contributed by atoms with Gasteiger partial charge in [-0.3, -0.25) is 4.79 Å². The van der Waals surface area contributed by atoms with E-state index in [9.17, 15) is 4.79 Å². The van der Waals surface area contributed by atoms with Crippen molar-refractivity contribution in [2.45, 2.75) is 6.92 Å². The Kier molecular flexibility index (Phi) is 5.82. The molecule has 2 N–H and O–H groups in total. The Bertz CT molecular complexity index is 387. The number of hydrogen-bond acceptors (Lipinski definition) is 6. The smallest absolute Gasteiger partial charge is 0.156 e. The summed E-state index contributed by atoms with van der Waals surface area (Å²) in [5, 5.41) is 11.6. The van der Waals surface area contributed by atoms with Crippen molar-refractivity contribution in [3.05, 3.63) is 16.5 Å². The van der Waals surface area contributed by atoms with Crippen LogP contribution in [0.3, 0.4) is 0 Å². The molecule has 0 bridgehead atoms. The van der Waals surface area contributed by atoms with Gasteiger partial charge in [0.15, 0.2) is 6.29 Å². The van der Waals surface area contributed by atoms with Gasteiger partial charge in [-0.05, 0) is 6.92 Å². The highest BCUT2D eigenvalue weighted by molar-refractivity contribution is 6.32. The van der Waals surface area contributed by atoms with Crippen LogP contribution in [0.2, 0.25) is 5.15 Å². The molecule has 0 aromatic carbocycles. The number of ether oxygens (including phenoxy) is 1. The molecule has 0 aliphatic rings. The number of aromatic nitrogens is 2. The normalized spacial score (nSPS) is 10.3. The first-order valence-corrected chi connectivity index (χ1v) is 5.48. The van der Waals surface area contributed by atoms with E-state index in [2.05, 4.69) is 15.3 Å². The summed E-state index contributed by atoms with van der Waals surface area (Å²) < 4.78 is 5.06. The maximum atomic E-state index is 10.8. The number of anilines is 1. The topological polar surface area (TPSA) is 84.3 Å². The number of aryl methyl sites for hydroxylation is 1. The second-order valence-electron chi connectivity index (χ2n) is 3.20. The third-order valence-electron chi connectivity index (χ3n) is 1.90. The van der Waals surface area contributed by atoms with Gasteiger partial charge in [-0.25, -0.2) is 9.97 Å². The van der Waals surface area contributed by atoms with E-state index in [1.54, 1.807) is 6.92 Å². The second-order valence-corrected chi connectivity index (χ2v) is 3.56. The molecule has 0 saturated carbocycles. The summed E-state index contributed by atoms with van der Waals surface area (Å²) in [5.41, 5.74) is 0.236. The zero-order valence-corrected chi connectivity index (χ0v) is 10.2. The zero-order chi connectivity index (χ0) is 12.7. The number of carbonyl (C=O) groups is 1. The van der Waals surface area contributed by atoms with Crippen molar-refractivity contribution in [2.24, 2.45) is 0 Å². The lowest BCUT2D eigenvalue weighted by Crippen LogP contribution is -2.14. The van der Waals surface area contributed by atoms with Gasteiger partial charge in [0.1, 0.15) is 16.8 Å². The summed E-state index contributed by atoms with van der Waals surface area (Å²) >= 11 is 5.81. The molecule has 1 aromatic heterocycles.